The Bertz CT molecular complexity index is 585. The molecule has 152 valence electrons. The maximum absolute atomic E-state index is 13.2. The van der Waals surface area contributed by atoms with E-state index in [1.807, 2.05) is 0 Å². The first-order valence-electron chi connectivity index (χ1n) is 10.8. The lowest BCUT2D eigenvalue weighted by Crippen LogP contribution is -2.53. The van der Waals surface area contributed by atoms with Crippen molar-refractivity contribution in [2.45, 2.75) is 64.8 Å². The minimum Gasteiger partial charge on any atom is -0.465 e. The average molecular weight is 378 g/mol. The monoisotopic (exact) mass is 377 g/mol. The van der Waals surface area contributed by atoms with Gasteiger partial charge in [-0.25, -0.2) is 4.79 Å². The van der Waals surface area contributed by atoms with E-state index < -0.39 is 6.09 Å². The van der Waals surface area contributed by atoms with E-state index in [0.717, 1.165) is 57.9 Å². The van der Waals surface area contributed by atoms with Gasteiger partial charge in [0, 0.05) is 51.2 Å². The summed E-state index contributed by atoms with van der Waals surface area (Å²) in [6.45, 7) is 9.71. The van der Waals surface area contributed by atoms with Crippen molar-refractivity contribution in [3.63, 3.8) is 0 Å². The second-order valence-electron chi connectivity index (χ2n) is 10.4. The smallest absolute Gasteiger partial charge is 0.407 e. The van der Waals surface area contributed by atoms with Crippen LogP contribution in [-0.4, -0.2) is 77.1 Å². The molecule has 4 rings (SSSR count). The fourth-order valence-corrected chi connectivity index (χ4v) is 5.77. The van der Waals surface area contributed by atoms with Crippen LogP contribution in [0.15, 0.2) is 0 Å². The minimum absolute atomic E-state index is 0.149. The van der Waals surface area contributed by atoms with Crippen LogP contribution >= 0.6 is 0 Å². The number of hydrogen-bond acceptors (Lipinski definition) is 3. The Morgan fingerprint density at radius 3 is 2.15 bits per heavy atom. The van der Waals surface area contributed by atoms with Crippen molar-refractivity contribution in [3.05, 3.63) is 0 Å². The maximum Gasteiger partial charge on any atom is 0.407 e. The van der Waals surface area contributed by atoms with Gasteiger partial charge in [-0.2, -0.15) is 0 Å². The Hall–Kier alpha value is -1.30. The molecule has 0 radical (unpaired) electrons. The molecule has 2 saturated carbocycles. The molecule has 4 aliphatic rings. The molecule has 2 aliphatic carbocycles. The lowest BCUT2D eigenvalue weighted by molar-refractivity contribution is -0.146. The van der Waals surface area contributed by atoms with Gasteiger partial charge in [0.05, 0.1) is 0 Å². The number of piperidine rings is 1. The second-order valence-corrected chi connectivity index (χ2v) is 10.4. The standard InChI is InChI=1S/C21H35N3O3/c1-20(2)14-23(17-4-3-5-17)10-11-24(15-20)18(25)16-12-21(13-16)6-8-22(9-7-21)19(26)27/h16-17H,3-15H2,1-2H3,(H,26,27). The van der Waals surface area contributed by atoms with Crippen molar-refractivity contribution in [1.29, 1.82) is 0 Å². The third-order valence-corrected chi connectivity index (χ3v) is 7.61. The van der Waals surface area contributed by atoms with E-state index in [4.69, 9.17) is 5.11 Å². The summed E-state index contributed by atoms with van der Waals surface area (Å²) in [4.78, 5) is 30.6. The van der Waals surface area contributed by atoms with Crippen molar-refractivity contribution in [2.75, 3.05) is 39.3 Å². The first kappa shape index (κ1) is 19.0. The predicted octanol–water partition coefficient (Wildman–Crippen LogP) is 2.88. The van der Waals surface area contributed by atoms with Crippen molar-refractivity contribution in [3.8, 4) is 0 Å². The quantitative estimate of drug-likeness (QED) is 0.804. The second kappa shape index (κ2) is 6.94. The van der Waals surface area contributed by atoms with Crippen LogP contribution in [-0.2, 0) is 4.79 Å². The molecule has 1 N–H and O–H groups in total. The van der Waals surface area contributed by atoms with Gasteiger partial charge in [-0.15, -0.1) is 0 Å². The van der Waals surface area contributed by atoms with E-state index in [0.29, 0.717) is 19.0 Å². The van der Waals surface area contributed by atoms with Crippen molar-refractivity contribution in [1.82, 2.24) is 14.7 Å². The van der Waals surface area contributed by atoms with Crippen LogP contribution in [0.2, 0.25) is 0 Å². The van der Waals surface area contributed by atoms with Crippen LogP contribution in [0.5, 0.6) is 0 Å². The summed E-state index contributed by atoms with van der Waals surface area (Å²) in [6.07, 6.45) is 6.96. The summed E-state index contributed by atoms with van der Waals surface area (Å²) in [5, 5.41) is 9.13. The maximum atomic E-state index is 13.2. The Kier molecular flexibility index (Phi) is 4.90. The van der Waals surface area contributed by atoms with E-state index in [1.54, 1.807) is 0 Å². The fraction of sp³-hybridized carbons (Fsp3) is 0.905. The molecule has 0 bridgehead atoms. The molecular formula is C21H35N3O3. The van der Waals surface area contributed by atoms with Crippen molar-refractivity contribution in [2.24, 2.45) is 16.7 Å². The first-order chi connectivity index (χ1) is 12.8. The summed E-state index contributed by atoms with van der Waals surface area (Å²) in [7, 11) is 0. The van der Waals surface area contributed by atoms with Gasteiger partial charge in [0.15, 0.2) is 0 Å². The van der Waals surface area contributed by atoms with Crippen LogP contribution in [0.3, 0.4) is 0 Å². The average Bonchev–Trinajstić information content (AvgIpc) is 2.68. The van der Waals surface area contributed by atoms with Crippen LogP contribution in [0.4, 0.5) is 4.79 Å². The van der Waals surface area contributed by atoms with Gasteiger partial charge in [-0.05, 0) is 49.4 Å². The summed E-state index contributed by atoms with van der Waals surface area (Å²) in [6, 6.07) is 0.741. The van der Waals surface area contributed by atoms with E-state index in [1.165, 1.54) is 24.2 Å². The number of carboxylic acid groups (broad SMARTS) is 1. The highest BCUT2D eigenvalue weighted by Gasteiger charge is 2.50. The van der Waals surface area contributed by atoms with Gasteiger partial charge in [-0.1, -0.05) is 20.3 Å². The number of nitrogens with zero attached hydrogens (tertiary/aromatic N) is 3. The topological polar surface area (TPSA) is 64.1 Å². The molecule has 2 amide bonds. The zero-order valence-electron chi connectivity index (χ0n) is 17.0. The molecule has 1 spiro atoms. The minimum atomic E-state index is -0.806. The Balaban J connectivity index is 1.32. The molecule has 0 aromatic heterocycles. The van der Waals surface area contributed by atoms with Gasteiger partial charge in [-0.3, -0.25) is 9.69 Å². The summed E-state index contributed by atoms with van der Waals surface area (Å²) in [5.41, 5.74) is 0.377. The highest BCUT2D eigenvalue weighted by atomic mass is 16.4. The molecule has 4 fully saturated rings. The molecule has 0 atom stereocenters. The number of rotatable bonds is 2. The highest BCUT2D eigenvalue weighted by molar-refractivity contribution is 5.80. The van der Waals surface area contributed by atoms with E-state index in [9.17, 15) is 9.59 Å². The van der Waals surface area contributed by atoms with Crippen LogP contribution in [0.1, 0.15) is 58.8 Å². The molecule has 6 heteroatoms. The predicted molar refractivity (Wildman–Crippen MR) is 104 cm³/mol. The SMILES string of the molecule is CC1(C)CN(C(=O)C2CC3(CCN(C(=O)O)CC3)C2)CCN(C2CCC2)C1. The zero-order chi connectivity index (χ0) is 19.2. The van der Waals surface area contributed by atoms with E-state index in [-0.39, 0.29) is 16.7 Å². The number of carbonyl (C=O) groups is 2. The third-order valence-electron chi connectivity index (χ3n) is 7.61. The van der Waals surface area contributed by atoms with Gasteiger partial charge in [0.2, 0.25) is 5.91 Å². The molecule has 6 nitrogen and oxygen atoms in total. The number of likely N-dealkylation sites (tertiary alicyclic amines) is 1. The van der Waals surface area contributed by atoms with Crippen LogP contribution < -0.4 is 0 Å². The first-order valence-corrected chi connectivity index (χ1v) is 10.8. The molecule has 2 saturated heterocycles. The van der Waals surface area contributed by atoms with Gasteiger partial charge < -0.3 is 14.9 Å². The molecule has 2 aliphatic heterocycles. The molecule has 0 aromatic carbocycles. The molecule has 27 heavy (non-hydrogen) atoms. The Morgan fingerprint density at radius 2 is 1.59 bits per heavy atom. The Labute approximate surface area is 162 Å². The molecule has 0 unspecified atom stereocenters. The fourth-order valence-electron chi connectivity index (χ4n) is 5.77. The van der Waals surface area contributed by atoms with Gasteiger partial charge in [0.1, 0.15) is 0 Å². The summed E-state index contributed by atoms with van der Waals surface area (Å²) in [5.74, 6) is 0.511. The number of carbonyl (C=O) groups excluding carboxylic acids is 1. The number of hydrogen-bond donors (Lipinski definition) is 1. The summed E-state index contributed by atoms with van der Waals surface area (Å²) >= 11 is 0. The third kappa shape index (κ3) is 3.82. The molecule has 2 heterocycles. The largest absolute Gasteiger partial charge is 0.465 e. The lowest BCUT2D eigenvalue weighted by atomic mass is 9.57. The molecular weight excluding hydrogens is 342 g/mol. The summed E-state index contributed by atoms with van der Waals surface area (Å²) < 4.78 is 0. The lowest BCUT2D eigenvalue weighted by Gasteiger charge is -2.52. The molecule has 0 aromatic rings. The van der Waals surface area contributed by atoms with Crippen molar-refractivity contribution < 1.29 is 14.7 Å². The Morgan fingerprint density at radius 1 is 0.926 bits per heavy atom. The van der Waals surface area contributed by atoms with E-state index >= 15 is 0 Å². The van der Waals surface area contributed by atoms with Gasteiger partial charge in [0.25, 0.3) is 0 Å². The van der Waals surface area contributed by atoms with Crippen molar-refractivity contribution >= 4 is 12.0 Å². The van der Waals surface area contributed by atoms with Crippen LogP contribution in [0.25, 0.3) is 0 Å². The number of amides is 2. The normalized spacial score (nSPS) is 29.1. The van der Waals surface area contributed by atoms with E-state index in [2.05, 4.69) is 23.6 Å². The zero-order valence-corrected chi connectivity index (χ0v) is 17.0. The van der Waals surface area contributed by atoms with Gasteiger partial charge >= 0.3 is 6.09 Å². The van der Waals surface area contributed by atoms with Crippen LogP contribution in [0, 0.1) is 16.7 Å². The highest BCUT2D eigenvalue weighted by Crippen LogP contribution is 2.53.